The molecule has 0 fully saturated rings. The Morgan fingerprint density at radius 1 is 0.565 bits per heavy atom. The molecule has 23 heavy (non-hydrogen) atoms. The lowest BCUT2D eigenvalue weighted by atomic mass is 10.3. The van der Waals surface area contributed by atoms with Gasteiger partial charge in [-0.2, -0.15) is 8.42 Å². The molecule has 3 aromatic carbocycles. The fourth-order valence-corrected chi connectivity index (χ4v) is 2.88. The van der Waals surface area contributed by atoms with Gasteiger partial charge in [0.1, 0.15) is 22.1 Å². The second-order valence-electron chi connectivity index (χ2n) is 4.74. The number of hydrogen-bond donors (Lipinski definition) is 0. The first kappa shape index (κ1) is 15.1. The van der Waals surface area contributed by atoms with Gasteiger partial charge in [-0.3, -0.25) is 0 Å². The van der Waals surface area contributed by atoms with Crippen molar-refractivity contribution in [1.29, 1.82) is 0 Å². The maximum absolute atomic E-state index is 12.2. The van der Waals surface area contributed by atoms with E-state index in [0.29, 0.717) is 11.5 Å². The third-order valence-corrected chi connectivity index (χ3v) is 4.30. The van der Waals surface area contributed by atoms with Gasteiger partial charge in [-0.05, 0) is 48.5 Å². The summed E-state index contributed by atoms with van der Waals surface area (Å²) >= 11 is 0. The Balaban J connectivity index is 1.76. The summed E-state index contributed by atoms with van der Waals surface area (Å²) in [5.41, 5.74) is 0. The van der Waals surface area contributed by atoms with E-state index in [9.17, 15) is 8.42 Å². The molecule has 116 valence electrons. The van der Waals surface area contributed by atoms with E-state index in [0.717, 1.165) is 0 Å². The summed E-state index contributed by atoms with van der Waals surface area (Å²) in [7, 11) is -3.86. The third kappa shape index (κ3) is 3.90. The van der Waals surface area contributed by atoms with E-state index < -0.39 is 10.1 Å². The van der Waals surface area contributed by atoms with Crippen molar-refractivity contribution in [2.45, 2.75) is 4.90 Å². The molecule has 0 radical (unpaired) electrons. The predicted octanol–water partition coefficient (Wildman–Crippen LogP) is 4.25. The molecule has 0 amide bonds. The first-order valence-electron chi connectivity index (χ1n) is 6.96. The van der Waals surface area contributed by atoms with E-state index in [4.69, 9.17) is 8.92 Å². The zero-order valence-corrected chi connectivity index (χ0v) is 12.9. The lowest BCUT2D eigenvalue weighted by Crippen LogP contribution is -2.09. The van der Waals surface area contributed by atoms with Crippen LogP contribution in [0, 0.1) is 0 Å². The van der Waals surface area contributed by atoms with Crippen molar-refractivity contribution in [1.82, 2.24) is 0 Å². The van der Waals surface area contributed by atoms with Crippen LogP contribution in [0.15, 0.2) is 89.8 Å². The average Bonchev–Trinajstić information content (AvgIpc) is 2.57. The normalized spacial score (nSPS) is 11.0. The van der Waals surface area contributed by atoms with E-state index in [1.54, 1.807) is 42.5 Å². The minimum Gasteiger partial charge on any atom is -0.457 e. The van der Waals surface area contributed by atoms with Gasteiger partial charge in [-0.25, -0.2) is 0 Å². The molecule has 0 saturated heterocycles. The van der Waals surface area contributed by atoms with Gasteiger partial charge in [-0.1, -0.05) is 36.4 Å². The van der Waals surface area contributed by atoms with Crippen LogP contribution in [0.1, 0.15) is 0 Å². The molecule has 0 heterocycles. The largest absolute Gasteiger partial charge is 0.457 e. The van der Waals surface area contributed by atoms with Gasteiger partial charge in [0.05, 0.1) is 0 Å². The molecule has 5 heteroatoms. The van der Waals surface area contributed by atoms with Crippen LogP contribution < -0.4 is 8.92 Å². The Morgan fingerprint density at radius 3 is 1.61 bits per heavy atom. The Kier molecular flexibility index (Phi) is 4.30. The zero-order valence-electron chi connectivity index (χ0n) is 12.1. The van der Waals surface area contributed by atoms with Gasteiger partial charge < -0.3 is 8.92 Å². The van der Waals surface area contributed by atoms with Crippen LogP contribution in [0.2, 0.25) is 0 Å². The monoisotopic (exact) mass is 326 g/mol. The molecule has 0 unspecified atom stereocenters. The van der Waals surface area contributed by atoms with Crippen LogP contribution in [0.3, 0.4) is 0 Å². The molecule has 0 bridgehead atoms. The first-order valence-corrected chi connectivity index (χ1v) is 8.37. The van der Waals surface area contributed by atoms with Gasteiger partial charge in [0, 0.05) is 0 Å². The first-order chi connectivity index (χ1) is 11.1. The summed E-state index contributed by atoms with van der Waals surface area (Å²) in [6.45, 7) is 0. The Hall–Kier alpha value is -2.79. The fraction of sp³-hybridized carbons (Fsp3) is 0. The Labute approximate surface area is 135 Å². The molecule has 0 spiro atoms. The minimum atomic E-state index is -3.86. The third-order valence-electron chi connectivity index (χ3n) is 3.04. The van der Waals surface area contributed by atoms with Crippen LogP contribution in [-0.4, -0.2) is 8.42 Å². The van der Waals surface area contributed by atoms with Crippen molar-refractivity contribution >= 4 is 10.1 Å². The number of para-hydroxylation sites is 2. The molecular formula is C18H14O4S. The Morgan fingerprint density at radius 2 is 1.04 bits per heavy atom. The van der Waals surface area contributed by atoms with E-state index in [1.165, 1.54) is 12.1 Å². The van der Waals surface area contributed by atoms with Gasteiger partial charge in [0.25, 0.3) is 0 Å². The van der Waals surface area contributed by atoms with Gasteiger partial charge in [0.15, 0.2) is 0 Å². The smallest absolute Gasteiger partial charge is 0.339 e. The number of hydrogen-bond acceptors (Lipinski definition) is 4. The fourth-order valence-electron chi connectivity index (χ4n) is 1.95. The van der Waals surface area contributed by atoms with Crippen molar-refractivity contribution in [3.05, 3.63) is 84.9 Å². The standard InChI is InChI=1S/C18H14O4S/c19-23(20,22-17-9-5-2-6-10-17)18-13-11-16(12-14-18)21-15-7-3-1-4-8-15/h1-14H. The average molecular weight is 326 g/mol. The molecule has 0 aliphatic carbocycles. The summed E-state index contributed by atoms with van der Waals surface area (Å²) in [5.74, 6) is 1.51. The molecular weight excluding hydrogens is 312 g/mol. The summed E-state index contributed by atoms with van der Waals surface area (Å²) < 4.78 is 35.1. The molecule has 0 saturated carbocycles. The maximum Gasteiger partial charge on any atom is 0.339 e. The topological polar surface area (TPSA) is 52.6 Å². The second-order valence-corrected chi connectivity index (χ2v) is 6.28. The molecule has 4 nitrogen and oxygen atoms in total. The molecule has 0 N–H and O–H groups in total. The summed E-state index contributed by atoms with van der Waals surface area (Å²) in [6, 6.07) is 23.7. The lowest BCUT2D eigenvalue weighted by molar-refractivity contribution is 0.479. The highest BCUT2D eigenvalue weighted by atomic mass is 32.2. The van der Waals surface area contributed by atoms with Crippen molar-refractivity contribution in [2.75, 3.05) is 0 Å². The number of rotatable bonds is 5. The van der Waals surface area contributed by atoms with Gasteiger partial charge >= 0.3 is 10.1 Å². The van der Waals surface area contributed by atoms with E-state index in [-0.39, 0.29) is 10.6 Å². The molecule has 0 aromatic heterocycles. The summed E-state index contributed by atoms with van der Waals surface area (Å²) in [5, 5.41) is 0. The molecule has 0 aliphatic rings. The quantitative estimate of drug-likeness (QED) is 0.658. The van der Waals surface area contributed by atoms with Crippen LogP contribution in [0.4, 0.5) is 0 Å². The zero-order chi connectivity index (χ0) is 16.1. The highest BCUT2D eigenvalue weighted by Crippen LogP contribution is 2.24. The number of benzene rings is 3. The van der Waals surface area contributed by atoms with Crippen LogP contribution in [-0.2, 0) is 10.1 Å². The van der Waals surface area contributed by atoms with Gasteiger partial charge in [-0.15, -0.1) is 0 Å². The van der Waals surface area contributed by atoms with E-state index >= 15 is 0 Å². The van der Waals surface area contributed by atoms with Crippen LogP contribution in [0.25, 0.3) is 0 Å². The molecule has 0 aliphatic heterocycles. The molecule has 3 aromatic rings. The second kappa shape index (κ2) is 6.54. The highest BCUT2D eigenvalue weighted by molar-refractivity contribution is 7.87. The van der Waals surface area contributed by atoms with Crippen molar-refractivity contribution in [2.24, 2.45) is 0 Å². The summed E-state index contributed by atoms with van der Waals surface area (Å²) in [6.07, 6.45) is 0. The SMILES string of the molecule is O=S(=O)(Oc1ccccc1)c1ccc(Oc2ccccc2)cc1. The Bertz CT molecular complexity index is 858. The van der Waals surface area contributed by atoms with Crippen molar-refractivity contribution in [3.63, 3.8) is 0 Å². The van der Waals surface area contributed by atoms with E-state index in [1.807, 2.05) is 30.3 Å². The molecule has 0 atom stereocenters. The summed E-state index contributed by atoms with van der Waals surface area (Å²) in [4.78, 5) is 0.0711. The highest BCUT2D eigenvalue weighted by Gasteiger charge is 2.16. The van der Waals surface area contributed by atoms with E-state index in [2.05, 4.69) is 0 Å². The van der Waals surface area contributed by atoms with Crippen LogP contribution >= 0.6 is 0 Å². The van der Waals surface area contributed by atoms with Crippen LogP contribution in [0.5, 0.6) is 17.2 Å². The predicted molar refractivity (Wildman–Crippen MR) is 87.2 cm³/mol. The van der Waals surface area contributed by atoms with Crippen molar-refractivity contribution in [3.8, 4) is 17.2 Å². The lowest BCUT2D eigenvalue weighted by Gasteiger charge is -2.08. The minimum absolute atomic E-state index is 0.0711. The molecule has 3 rings (SSSR count). The maximum atomic E-state index is 12.2. The number of ether oxygens (including phenoxy) is 1. The van der Waals surface area contributed by atoms with Gasteiger partial charge in [0.2, 0.25) is 0 Å². The van der Waals surface area contributed by atoms with Crippen molar-refractivity contribution < 1.29 is 17.3 Å².